The first-order valence-electron chi connectivity index (χ1n) is 8.85. The van der Waals surface area contributed by atoms with Crippen LogP contribution in [0.3, 0.4) is 0 Å². The van der Waals surface area contributed by atoms with Gasteiger partial charge in [0.1, 0.15) is 0 Å². The zero-order chi connectivity index (χ0) is 17.9. The van der Waals surface area contributed by atoms with E-state index in [1.807, 2.05) is 42.5 Å². The first-order valence-corrected chi connectivity index (χ1v) is 8.85. The van der Waals surface area contributed by atoms with Gasteiger partial charge in [-0.05, 0) is 34.4 Å². The van der Waals surface area contributed by atoms with E-state index >= 15 is 0 Å². The normalized spacial score (nSPS) is 15.5. The second-order valence-electron chi connectivity index (χ2n) is 6.57. The quantitative estimate of drug-likeness (QED) is 0.743. The van der Waals surface area contributed by atoms with E-state index in [-0.39, 0.29) is 18.2 Å². The number of para-hydroxylation sites is 1. The Balaban J connectivity index is 1.37. The average Bonchev–Trinajstić information content (AvgIpc) is 2.97. The Morgan fingerprint density at radius 3 is 2.65 bits per heavy atom. The third-order valence-corrected chi connectivity index (χ3v) is 4.90. The summed E-state index contributed by atoms with van der Waals surface area (Å²) in [4.78, 5) is 24.4. The van der Waals surface area contributed by atoms with E-state index in [0.29, 0.717) is 6.54 Å². The summed E-state index contributed by atoms with van der Waals surface area (Å²) in [6, 6.07) is 22.0. The fourth-order valence-electron chi connectivity index (χ4n) is 3.58. The highest BCUT2D eigenvalue weighted by Crippen LogP contribution is 2.34. The SMILES string of the molecule is O=C(C[C@@H]1C(=O)Nc2ccccc21)NCCc1cccc2ccccc12. The third-order valence-electron chi connectivity index (χ3n) is 4.90. The molecule has 0 bridgehead atoms. The molecule has 3 aromatic carbocycles. The van der Waals surface area contributed by atoms with Crippen molar-refractivity contribution in [3.63, 3.8) is 0 Å². The van der Waals surface area contributed by atoms with Crippen LogP contribution in [-0.4, -0.2) is 18.4 Å². The molecule has 4 rings (SSSR count). The van der Waals surface area contributed by atoms with E-state index in [1.54, 1.807) is 0 Å². The monoisotopic (exact) mass is 344 g/mol. The van der Waals surface area contributed by atoms with Crippen LogP contribution < -0.4 is 10.6 Å². The molecule has 2 N–H and O–H groups in total. The molecular weight excluding hydrogens is 324 g/mol. The third kappa shape index (κ3) is 3.18. The minimum absolute atomic E-state index is 0.0953. The zero-order valence-electron chi connectivity index (χ0n) is 14.4. The number of carbonyl (C=O) groups excluding carboxylic acids is 2. The molecule has 1 aliphatic heterocycles. The summed E-state index contributed by atoms with van der Waals surface area (Å²) in [6.07, 6.45) is 0.943. The molecule has 4 heteroatoms. The second kappa shape index (κ2) is 7.00. The predicted octanol–water partition coefficient (Wildman–Crippen LogP) is 3.62. The number of amides is 2. The topological polar surface area (TPSA) is 58.2 Å². The summed E-state index contributed by atoms with van der Waals surface area (Å²) >= 11 is 0. The van der Waals surface area contributed by atoms with Gasteiger partial charge in [0, 0.05) is 18.7 Å². The molecule has 0 unspecified atom stereocenters. The van der Waals surface area contributed by atoms with Crippen LogP contribution in [0.4, 0.5) is 5.69 Å². The van der Waals surface area contributed by atoms with Crippen LogP contribution in [0, 0.1) is 0 Å². The summed E-state index contributed by atoms with van der Waals surface area (Å²) in [5.74, 6) is -0.596. The fourth-order valence-corrected chi connectivity index (χ4v) is 3.58. The first-order chi connectivity index (χ1) is 12.7. The number of rotatable bonds is 5. The van der Waals surface area contributed by atoms with Crippen molar-refractivity contribution in [2.24, 2.45) is 0 Å². The van der Waals surface area contributed by atoms with E-state index in [0.717, 1.165) is 17.7 Å². The fraction of sp³-hybridized carbons (Fsp3) is 0.182. The van der Waals surface area contributed by atoms with Gasteiger partial charge in [-0.3, -0.25) is 9.59 Å². The number of benzene rings is 3. The van der Waals surface area contributed by atoms with Crippen molar-refractivity contribution in [1.29, 1.82) is 0 Å². The van der Waals surface area contributed by atoms with Gasteiger partial charge in [0.15, 0.2) is 0 Å². The highest BCUT2D eigenvalue weighted by Gasteiger charge is 2.31. The number of anilines is 1. The molecule has 0 aliphatic carbocycles. The van der Waals surface area contributed by atoms with Crippen LogP contribution in [0.2, 0.25) is 0 Å². The van der Waals surface area contributed by atoms with E-state index in [1.165, 1.54) is 16.3 Å². The molecule has 1 heterocycles. The molecule has 0 saturated heterocycles. The van der Waals surface area contributed by atoms with Crippen molar-refractivity contribution >= 4 is 28.3 Å². The van der Waals surface area contributed by atoms with Crippen LogP contribution >= 0.6 is 0 Å². The van der Waals surface area contributed by atoms with E-state index in [4.69, 9.17) is 0 Å². The number of carbonyl (C=O) groups is 2. The standard InChI is InChI=1S/C22H20N2O2/c25-21(14-19-18-10-3-4-11-20(18)24-22(19)26)23-13-12-16-8-5-7-15-6-1-2-9-17(15)16/h1-11,19H,12-14H2,(H,23,25)(H,24,26)/t19-/m0/s1. The molecular formula is C22H20N2O2. The Bertz CT molecular complexity index is 975. The molecule has 1 aliphatic rings. The smallest absolute Gasteiger partial charge is 0.232 e. The van der Waals surface area contributed by atoms with Gasteiger partial charge in [-0.25, -0.2) is 0 Å². The lowest BCUT2D eigenvalue weighted by Crippen LogP contribution is -2.28. The molecule has 1 atom stereocenters. The maximum atomic E-state index is 12.3. The summed E-state index contributed by atoms with van der Waals surface area (Å²) in [7, 11) is 0. The Hall–Kier alpha value is -3.14. The maximum Gasteiger partial charge on any atom is 0.232 e. The number of fused-ring (bicyclic) bond motifs is 2. The Morgan fingerprint density at radius 2 is 1.73 bits per heavy atom. The van der Waals surface area contributed by atoms with Crippen LogP contribution in [0.25, 0.3) is 10.8 Å². The average molecular weight is 344 g/mol. The summed E-state index contributed by atoms with van der Waals surface area (Å²) in [5.41, 5.74) is 2.93. The minimum Gasteiger partial charge on any atom is -0.356 e. The van der Waals surface area contributed by atoms with Gasteiger partial charge in [0.05, 0.1) is 5.92 Å². The van der Waals surface area contributed by atoms with E-state index in [2.05, 4.69) is 34.9 Å². The lowest BCUT2D eigenvalue weighted by atomic mass is 9.97. The number of hydrogen-bond donors (Lipinski definition) is 2. The van der Waals surface area contributed by atoms with Gasteiger partial charge >= 0.3 is 0 Å². The van der Waals surface area contributed by atoms with E-state index in [9.17, 15) is 9.59 Å². The van der Waals surface area contributed by atoms with E-state index < -0.39 is 5.92 Å². The zero-order valence-corrected chi connectivity index (χ0v) is 14.4. The second-order valence-corrected chi connectivity index (χ2v) is 6.57. The first kappa shape index (κ1) is 16.3. The number of nitrogens with one attached hydrogen (secondary N) is 2. The predicted molar refractivity (Wildman–Crippen MR) is 103 cm³/mol. The molecule has 0 spiro atoms. The van der Waals surface area contributed by atoms with Crippen molar-refractivity contribution in [2.45, 2.75) is 18.8 Å². The van der Waals surface area contributed by atoms with Crippen LogP contribution in [0.1, 0.15) is 23.5 Å². The lowest BCUT2D eigenvalue weighted by Gasteiger charge is -2.11. The molecule has 0 radical (unpaired) electrons. The summed E-state index contributed by atoms with van der Waals surface area (Å²) in [5, 5.41) is 8.21. The van der Waals surface area contributed by atoms with Gasteiger partial charge < -0.3 is 10.6 Å². The van der Waals surface area contributed by atoms with Crippen molar-refractivity contribution in [1.82, 2.24) is 5.32 Å². The number of hydrogen-bond acceptors (Lipinski definition) is 2. The molecule has 0 aromatic heterocycles. The molecule has 3 aromatic rings. The Kier molecular flexibility index (Phi) is 4.40. The minimum atomic E-state index is -0.399. The van der Waals surface area contributed by atoms with Crippen LogP contribution in [0.5, 0.6) is 0 Å². The van der Waals surface area contributed by atoms with Crippen molar-refractivity contribution in [2.75, 3.05) is 11.9 Å². The highest BCUT2D eigenvalue weighted by molar-refractivity contribution is 6.04. The van der Waals surface area contributed by atoms with Crippen molar-refractivity contribution < 1.29 is 9.59 Å². The maximum absolute atomic E-state index is 12.3. The molecule has 2 amide bonds. The molecule has 0 fully saturated rings. The highest BCUT2D eigenvalue weighted by atomic mass is 16.2. The van der Waals surface area contributed by atoms with Gasteiger partial charge in [0.25, 0.3) is 0 Å². The van der Waals surface area contributed by atoms with Gasteiger partial charge in [0.2, 0.25) is 11.8 Å². The molecule has 4 nitrogen and oxygen atoms in total. The molecule has 26 heavy (non-hydrogen) atoms. The summed E-state index contributed by atoms with van der Waals surface area (Å²) < 4.78 is 0. The summed E-state index contributed by atoms with van der Waals surface area (Å²) in [6.45, 7) is 0.558. The van der Waals surface area contributed by atoms with Gasteiger partial charge in [-0.15, -0.1) is 0 Å². The Morgan fingerprint density at radius 1 is 0.962 bits per heavy atom. The molecule has 130 valence electrons. The largest absolute Gasteiger partial charge is 0.356 e. The van der Waals surface area contributed by atoms with Crippen molar-refractivity contribution in [3.05, 3.63) is 77.9 Å². The Labute approximate surface area is 152 Å². The van der Waals surface area contributed by atoms with Crippen LogP contribution in [0.15, 0.2) is 66.7 Å². The van der Waals surface area contributed by atoms with Gasteiger partial charge in [-0.1, -0.05) is 60.7 Å². The molecule has 0 saturated carbocycles. The lowest BCUT2D eigenvalue weighted by molar-refractivity contribution is -0.125. The van der Waals surface area contributed by atoms with Gasteiger partial charge in [-0.2, -0.15) is 0 Å². The van der Waals surface area contributed by atoms with Crippen molar-refractivity contribution in [3.8, 4) is 0 Å². The van der Waals surface area contributed by atoms with Crippen LogP contribution in [-0.2, 0) is 16.0 Å².